The van der Waals surface area contributed by atoms with Gasteiger partial charge in [-0.2, -0.15) is 0 Å². The lowest BCUT2D eigenvalue weighted by molar-refractivity contribution is 0.0691. The van der Waals surface area contributed by atoms with E-state index in [0.717, 1.165) is 12.8 Å². The van der Waals surface area contributed by atoms with Crippen LogP contribution in [0.2, 0.25) is 0 Å². The van der Waals surface area contributed by atoms with Gasteiger partial charge in [-0.3, -0.25) is 0 Å². The average molecular weight is 294 g/mol. The quantitative estimate of drug-likeness (QED) is 0.833. The lowest BCUT2D eigenvalue weighted by atomic mass is 10.2. The van der Waals surface area contributed by atoms with Crippen LogP contribution in [-0.4, -0.2) is 50.7 Å². The average Bonchev–Trinajstić information content (AvgIpc) is 3.10. The van der Waals surface area contributed by atoms with Crippen molar-refractivity contribution in [2.75, 3.05) is 13.1 Å². The number of urea groups is 1. The molecule has 0 saturated heterocycles. The summed E-state index contributed by atoms with van der Waals surface area (Å²) in [5.74, 6) is -1.05. The predicted octanol–water partition coefficient (Wildman–Crippen LogP) is 1.56. The van der Waals surface area contributed by atoms with E-state index in [-0.39, 0.29) is 11.7 Å². The van der Waals surface area contributed by atoms with Gasteiger partial charge in [-0.25, -0.2) is 14.6 Å². The fraction of sp³-hybridized carbons (Fsp3) is 0.643. The van der Waals surface area contributed by atoms with E-state index < -0.39 is 5.97 Å². The third-order valence-electron chi connectivity index (χ3n) is 3.87. The number of carboxylic acid groups (broad SMARTS) is 1. The largest absolute Gasteiger partial charge is 0.476 e. The van der Waals surface area contributed by atoms with Crippen molar-refractivity contribution < 1.29 is 14.7 Å². The van der Waals surface area contributed by atoms with E-state index in [4.69, 9.17) is 5.11 Å². The summed E-state index contributed by atoms with van der Waals surface area (Å²) >= 11 is 0. The zero-order chi connectivity index (χ0) is 15.2. The van der Waals surface area contributed by atoms with Gasteiger partial charge in [0.1, 0.15) is 0 Å². The fourth-order valence-corrected chi connectivity index (χ4v) is 2.77. The van der Waals surface area contributed by atoms with Gasteiger partial charge in [0.05, 0.1) is 6.33 Å². The summed E-state index contributed by atoms with van der Waals surface area (Å²) in [7, 11) is 0. The summed E-state index contributed by atoms with van der Waals surface area (Å²) in [5, 5.41) is 11.7. The van der Waals surface area contributed by atoms with Crippen LogP contribution in [0, 0.1) is 0 Å². The van der Waals surface area contributed by atoms with E-state index in [9.17, 15) is 9.59 Å². The Morgan fingerprint density at radius 3 is 2.76 bits per heavy atom. The first-order chi connectivity index (χ1) is 10.1. The smallest absolute Gasteiger partial charge is 0.356 e. The molecule has 0 bridgehead atoms. The third-order valence-corrected chi connectivity index (χ3v) is 3.87. The number of aromatic nitrogens is 2. The van der Waals surface area contributed by atoms with Crippen molar-refractivity contribution in [3.63, 3.8) is 0 Å². The lowest BCUT2D eigenvalue weighted by Gasteiger charge is -2.27. The molecule has 1 aliphatic carbocycles. The monoisotopic (exact) mass is 294 g/mol. The van der Waals surface area contributed by atoms with Crippen LogP contribution in [0.5, 0.6) is 0 Å². The molecule has 0 aliphatic heterocycles. The molecule has 2 rings (SSSR count). The maximum atomic E-state index is 12.2. The van der Waals surface area contributed by atoms with Gasteiger partial charge in [-0.05, 0) is 19.8 Å². The molecule has 2 amide bonds. The number of carbonyl (C=O) groups excluding carboxylic acids is 1. The van der Waals surface area contributed by atoms with Crippen molar-refractivity contribution in [1.29, 1.82) is 0 Å². The van der Waals surface area contributed by atoms with Crippen LogP contribution in [0.4, 0.5) is 4.79 Å². The standard InChI is InChI=1S/C14H22N4O3/c1-2-18(11-5-3-4-6-11)14(21)15-7-8-17-9-12(13(19)20)16-10-17/h9-11H,2-8H2,1H3,(H,15,21)(H,19,20). The van der Waals surface area contributed by atoms with Gasteiger partial charge in [-0.1, -0.05) is 12.8 Å². The van der Waals surface area contributed by atoms with Gasteiger partial charge in [0, 0.05) is 31.9 Å². The highest BCUT2D eigenvalue weighted by Crippen LogP contribution is 2.23. The van der Waals surface area contributed by atoms with Crippen LogP contribution in [0.1, 0.15) is 43.1 Å². The molecule has 0 spiro atoms. The topological polar surface area (TPSA) is 87.5 Å². The second kappa shape index (κ2) is 7.10. The summed E-state index contributed by atoms with van der Waals surface area (Å²) in [6.07, 6.45) is 7.49. The molecule has 0 unspecified atom stereocenters. The number of carbonyl (C=O) groups is 2. The predicted molar refractivity (Wildman–Crippen MR) is 77.2 cm³/mol. The first kappa shape index (κ1) is 15.3. The van der Waals surface area contributed by atoms with Crippen molar-refractivity contribution in [3.8, 4) is 0 Å². The number of amides is 2. The minimum Gasteiger partial charge on any atom is -0.476 e. The molecule has 21 heavy (non-hydrogen) atoms. The maximum absolute atomic E-state index is 12.2. The minimum atomic E-state index is -1.05. The van der Waals surface area contributed by atoms with Crippen molar-refractivity contribution >= 4 is 12.0 Å². The van der Waals surface area contributed by atoms with E-state index in [1.807, 2.05) is 11.8 Å². The number of imidazole rings is 1. The molecule has 116 valence electrons. The van der Waals surface area contributed by atoms with Crippen LogP contribution in [0.3, 0.4) is 0 Å². The number of nitrogens with zero attached hydrogens (tertiary/aromatic N) is 3. The molecule has 7 nitrogen and oxygen atoms in total. The molecular formula is C14H22N4O3. The van der Waals surface area contributed by atoms with Crippen molar-refractivity contribution in [2.45, 2.75) is 45.2 Å². The molecule has 0 atom stereocenters. The zero-order valence-corrected chi connectivity index (χ0v) is 12.3. The Morgan fingerprint density at radius 2 is 2.19 bits per heavy atom. The molecule has 1 aromatic rings. The maximum Gasteiger partial charge on any atom is 0.356 e. The SMILES string of the molecule is CCN(C(=O)NCCn1cnc(C(=O)O)c1)C1CCCC1. The Kier molecular flexibility index (Phi) is 5.19. The number of aromatic carboxylic acids is 1. The van der Waals surface area contributed by atoms with Gasteiger partial charge in [0.2, 0.25) is 0 Å². The summed E-state index contributed by atoms with van der Waals surface area (Å²) in [6.45, 7) is 3.67. The van der Waals surface area contributed by atoms with Crippen molar-refractivity contribution in [1.82, 2.24) is 19.8 Å². The van der Waals surface area contributed by atoms with Gasteiger partial charge < -0.3 is 19.9 Å². The highest BCUT2D eigenvalue weighted by atomic mass is 16.4. The molecule has 0 aromatic carbocycles. The summed E-state index contributed by atoms with van der Waals surface area (Å²) in [4.78, 5) is 28.5. The van der Waals surface area contributed by atoms with E-state index >= 15 is 0 Å². The molecule has 1 aromatic heterocycles. The van der Waals surface area contributed by atoms with Gasteiger partial charge in [0.15, 0.2) is 5.69 Å². The highest BCUT2D eigenvalue weighted by molar-refractivity contribution is 5.84. The van der Waals surface area contributed by atoms with Crippen LogP contribution >= 0.6 is 0 Å². The molecule has 1 heterocycles. The minimum absolute atomic E-state index is 0.0162. The van der Waals surface area contributed by atoms with E-state index in [1.165, 1.54) is 25.4 Å². The molecule has 1 saturated carbocycles. The van der Waals surface area contributed by atoms with Gasteiger partial charge in [0.25, 0.3) is 0 Å². The van der Waals surface area contributed by atoms with E-state index in [1.54, 1.807) is 4.57 Å². The van der Waals surface area contributed by atoms with Gasteiger partial charge in [-0.15, -0.1) is 0 Å². The first-order valence-corrected chi connectivity index (χ1v) is 7.41. The Labute approximate surface area is 124 Å². The van der Waals surface area contributed by atoms with Crippen molar-refractivity contribution in [3.05, 3.63) is 18.2 Å². The van der Waals surface area contributed by atoms with Crippen LogP contribution in [0.25, 0.3) is 0 Å². The van der Waals surface area contributed by atoms with E-state index in [2.05, 4.69) is 10.3 Å². The molecule has 1 aliphatic rings. The third kappa shape index (κ3) is 3.96. The Balaban J connectivity index is 1.78. The number of nitrogens with one attached hydrogen (secondary N) is 1. The Bertz CT molecular complexity index is 494. The molecular weight excluding hydrogens is 272 g/mol. The van der Waals surface area contributed by atoms with Crippen LogP contribution < -0.4 is 5.32 Å². The summed E-state index contributed by atoms with van der Waals surface area (Å²) in [5.41, 5.74) is 0.0162. The normalized spacial score (nSPS) is 15.1. The molecule has 0 radical (unpaired) electrons. The highest BCUT2D eigenvalue weighted by Gasteiger charge is 2.24. The van der Waals surface area contributed by atoms with Crippen molar-refractivity contribution in [2.24, 2.45) is 0 Å². The van der Waals surface area contributed by atoms with Crippen LogP contribution in [-0.2, 0) is 6.54 Å². The lowest BCUT2D eigenvalue weighted by Crippen LogP contribution is -2.45. The summed E-state index contributed by atoms with van der Waals surface area (Å²) in [6, 6.07) is 0.324. The number of rotatable bonds is 6. The first-order valence-electron chi connectivity index (χ1n) is 7.41. The number of carboxylic acids is 1. The summed E-state index contributed by atoms with van der Waals surface area (Å²) < 4.78 is 1.66. The number of hydrogen-bond donors (Lipinski definition) is 2. The van der Waals surface area contributed by atoms with Gasteiger partial charge >= 0.3 is 12.0 Å². The fourth-order valence-electron chi connectivity index (χ4n) is 2.77. The number of hydrogen-bond acceptors (Lipinski definition) is 3. The molecule has 2 N–H and O–H groups in total. The second-order valence-electron chi connectivity index (χ2n) is 5.26. The molecule has 1 fully saturated rings. The Morgan fingerprint density at radius 1 is 1.48 bits per heavy atom. The van der Waals surface area contributed by atoms with Crippen LogP contribution in [0.15, 0.2) is 12.5 Å². The zero-order valence-electron chi connectivity index (χ0n) is 12.3. The van der Waals surface area contributed by atoms with E-state index in [0.29, 0.717) is 25.7 Å². The molecule has 7 heteroatoms. The second-order valence-corrected chi connectivity index (χ2v) is 5.26. The Hall–Kier alpha value is -2.05.